The van der Waals surface area contributed by atoms with Crippen LogP contribution in [0.25, 0.3) is 0 Å². The number of benzene rings is 4. The number of aryl methyl sites for hydroxylation is 2. The fourth-order valence-electron chi connectivity index (χ4n) is 5.40. The minimum atomic E-state index is -0.605. The molecule has 1 amide bonds. The molecule has 0 aliphatic carbocycles. The fourth-order valence-corrected chi connectivity index (χ4v) is 5.40. The maximum atomic E-state index is 13.5. The first kappa shape index (κ1) is 30.0. The molecule has 0 heterocycles. The first-order chi connectivity index (χ1) is 19.8. The van der Waals surface area contributed by atoms with E-state index in [4.69, 9.17) is 0 Å². The molecule has 0 saturated heterocycles. The van der Waals surface area contributed by atoms with E-state index in [9.17, 15) is 14.7 Å². The van der Waals surface area contributed by atoms with Crippen molar-refractivity contribution in [3.05, 3.63) is 143 Å². The third-order valence-electron chi connectivity index (χ3n) is 8.00. The van der Waals surface area contributed by atoms with Crippen molar-refractivity contribution in [3.63, 3.8) is 0 Å². The number of carbonyl (C=O) groups is 2. The maximum absolute atomic E-state index is 13.5. The van der Waals surface area contributed by atoms with E-state index < -0.39 is 6.10 Å². The first-order valence-corrected chi connectivity index (χ1v) is 14.5. The molecule has 0 aromatic heterocycles. The number of carbonyl (C=O) groups excluding carboxylic acids is 2. The average molecular weight is 548 g/mol. The van der Waals surface area contributed by atoms with Crippen LogP contribution in [-0.4, -0.2) is 34.8 Å². The van der Waals surface area contributed by atoms with Crippen molar-refractivity contribution in [1.82, 2.24) is 4.90 Å². The third kappa shape index (κ3) is 8.48. The molecule has 3 atom stereocenters. The summed E-state index contributed by atoms with van der Waals surface area (Å²) in [5.74, 6) is -0.410. The zero-order valence-corrected chi connectivity index (χ0v) is 24.4. The van der Waals surface area contributed by atoms with E-state index in [1.165, 1.54) is 11.1 Å². The van der Waals surface area contributed by atoms with E-state index in [-0.39, 0.29) is 30.1 Å². The standard InChI is InChI=1S/C37H41NO3/c1-27-13-10-16-29(23-27)17-11-22-35(39)34(24-30-14-6-4-7-15-30)26-36(40)32-20-12-21-33(25-32)37(41)38(3)28(2)31-18-8-5-9-19-31/h4-10,12-16,18-21,23,25,28,34-35,39H,11,17,22,24,26H2,1-3H3/t28-,34-,35-/m1/s1. The minimum Gasteiger partial charge on any atom is -0.393 e. The lowest BCUT2D eigenvalue weighted by molar-refractivity contribution is 0.0740. The molecule has 4 aromatic rings. The topological polar surface area (TPSA) is 57.6 Å². The monoisotopic (exact) mass is 547 g/mol. The lowest BCUT2D eigenvalue weighted by Gasteiger charge is -2.26. The van der Waals surface area contributed by atoms with Crippen LogP contribution in [0.1, 0.15) is 75.2 Å². The van der Waals surface area contributed by atoms with Gasteiger partial charge in [-0.2, -0.15) is 0 Å². The van der Waals surface area contributed by atoms with Gasteiger partial charge in [-0.25, -0.2) is 0 Å². The van der Waals surface area contributed by atoms with Gasteiger partial charge >= 0.3 is 0 Å². The lowest BCUT2D eigenvalue weighted by Crippen LogP contribution is -2.30. The van der Waals surface area contributed by atoms with Crippen LogP contribution in [0, 0.1) is 12.8 Å². The Morgan fingerprint density at radius 3 is 2.12 bits per heavy atom. The number of hydrogen-bond acceptors (Lipinski definition) is 3. The smallest absolute Gasteiger partial charge is 0.254 e. The molecule has 41 heavy (non-hydrogen) atoms. The molecule has 4 heteroatoms. The van der Waals surface area contributed by atoms with Gasteiger partial charge in [0.25, 0.3) is 5.91 Å². The van der Waals surface area contributed by atoms with E-state index in [1.54, 1.807) is 36.2 Å². The minimum absolute atomic E-state index is 0.0583. The summed E-state index contributed by atoms with van der Waals surface area (Å²) in [5.41, 5.74) is 5.64. The summed E-state index contributed by atoms with van der Waals surface area (Å²) in [6.45, 7) is 4.08. The largest absolute Gasteiger partial charge is 0.393 e. The van der Waals surface area contributed by atoms with Crippen molar-refractivity contribution in [2.45, 2.75) is 58.1 Å². The van der Waals surface area contributed by atoms with E-state index in [0.717, 1.165) is 24.0 Å². The highest BCUT2D eigenvalue weighted by molar-refractivity contribution is 6.00. The molecule has 212 valence electrons. The summed E-state index contributed by atoms with van der Waals surface area (Å²) in [5, 5.41) is 11.3. The number of nitrogens with zero attached hydrogens (tertiary/aromatic N) is 1. The highest BCUT2D eigenvalue weighted by Crippen LogP contribution is 2.25. The summed E-state index contributed by atoms with van der Waals surface area (Å²) < 4.78 is 0. The van der Waals surface area contributed by atoms with E-state index in [1.807, 2.05) is 67.6 Å². The quantitative estimate of drug-likeness (QED) is 0.175. The summed E-state index contributed by atoms with van der Waals surface area (Å²) >= 11 is 0. The van der Waals surface area contributed by atoms with Crippen LogP contribution in [-0.2, 0) is 12.8 Å². The van der Waals surface area contributed by atoms with Crippen LogP contribution < -0.4 is 0 Å². The SMILES string of the molecule is Cc1cccc(CCC[C@@H](O)[C@@H](CC(=O)c2cccc(C(=O)N(C)[C@H](C)c3ccccc3)c2)Cc2ccccc2)c1. The number of aliphatic hydroxyl groups is 1. The maximum Gasteiger partial charge on any atom is 0.254 e. The fraction of sp³-hybridized carbons (Fsp3) is 0.297. The van der Waals surface area contributed by atoms with Crippen LogP contribution in [0.5, 0.6) is 0 Å². The molecule has 0 bridgehead atoms. The Morgan fingerprint density at radius 2 is 1.41 bits per heavy atom. The van der Waals surface area contributed by atoms with Gasteiger partial charge in [-0.05, 0) is 74.3 Å². The van der Waals surface area contributed by atoms with Crippen LogP contribution in [0.15, 0.2) is 109 Å². The van der Waals surface area contributed by atoms with Crippen LogP contribution >= 0.6 is 0 Å². The highest BCUT2D eigenvalue weighted by atomic mass is 16.3. The number of ketones is 1. The predicted molar refractivity (Wildman–Crippen MR) is 166 cm³/mol. The second kappa shape index (κ2) is 14.6. The molecule has 0 aliphatic heterocycles. The Kier molecular flexibility index (Phi) is 10.6. The average Bonchev–Trinajstić information content (AvgIpc) is 3.00. The molecular weight excluding hydrogens is 506 g/mol. The molecule has 4 nitrogen and oxygen atoms in total. The lowest BCUT2D eigenvalue weighted by atomic mass is 9.85. The van der Waals surface area contributed by atoms with Crippen molar-refractivity contribution in [1.29, 1.82) is 0 Å². The van der Waals surface area contributed by atoms with Gasteiger partial charge in [-0.15, -0.1) is 0 Å². The van der Waals surface area contributed by atoms with Gasteiger partial charge in [0.2, 0.25) is 0 Å². The number of Topliss-reactive ketones (excluding diaryl/α,β-unsaturated/α-hetero) is 1. The Bertz CT molecular complexity index is 1420. The predicted octanol–water partition coefficient (Wildman–Crippen LogP) is 7.64. The van der Waals surface area contributed by atoms with Crippen LogP contribution in [0.2, 0.25) is 0 Å². The van der Waals surface area contributed by atoms with Gasteiger partial charge in [0.15, 0.2) is 5.78 Å². The number of amides is 1. The second-order valence-electron chi connectivity index (χ2n) is 11.1. The summed E-state index contributed by atoms with van der Waals surface area (Å²) in [7, 11) is 1.79. The Balaban J connectivity index is 1.45. The van der Waals surface area contributed by atoms with Gasteiger partial charge < -0.3 is 10.0 Å². The Morgan fingerprint density at radius 1 is 0.780 bits per heavy atom. The van der Waals surface area contributed by atoms with Gasteiger partial charge in [0, 0.05) is 24.6 Å². The summed E-state index contributed by atoms with van der Waals surface area (Å²) in [6.07, 6.45) is 2.60. The molecule has 0 fully saturated rings. The first-order valence-electron chi connectivity index (χ1n) is 14.5. The highest BCUT2D eigenvalue weighted by Gasteiger charge is 2.25. The van der Waals surface area contributed by atoms with Crippen molar-refractivity contribution < 1.29 is 14.7 Å². The van der Waals surface area contributed by atoms with Gasteiger partial charge in [0.05, 0.1) is 12.1 Å². The summed E-state index contributed by atoms with van der Waals surface area (Å²) in [4.78, 5) is 28.6. The van der Waals surface area contributed by atoms with Crippen LogP contribution in [0.3, 0.4) is 0 Å². The molecule has 1 N–H and O–H groups in total. The number of aliphatic hydroxyl groups excluding tert-OH is 1. The van der Waals surface area contributed by atoms with E-state index >= 15 is 0 Å². The van der Waals surface area contributed by atoms with Crippen molar-refractivity contribution in [2.75, 3.05) is 7.05 Å². The normalized spacial score (nSPS) is 13.3. The van der Waals surface area contributed by atoms with E-state index in [2.05, 4.69) is 31.2 Å². The summed E-state index contributed by atoms with van der Waals surface area (Å²) in [6, 6.07) is 35.3. The Hall–Kier alpha value is -4.02. The molecule has 0 aliphatic rings. The van der Waals surface area contributed by atoms with Gasteiger partial charge in [-0.3, -0.25) is 9.59 Å². The zero-order valence-electron chi connectivity index (χ0n) is 24.4. The molecule has 0 spiro atoms. The van der Waals surface area contributed by atoms with Crippen LogP contribution in [0.4, 0.5) is 0 Å². The van der Waals surface area contributed by atoms with Crippen molar-refractivity contribution >= 4 is 11.7 Å². The van der Waals surface area contributed by atoms with Crippen molar-refractivity contribution in [3.8, 4) is 0 Å². The molecule has 0 unspecified atom stereocenters. The number of hydrogen-bond donors (Lipinski definition) is 1. The Labute approximate surface area is 244 Å². The second-order valence-corrected chi connectivity index (χ2v) is 11.1. The van der Waals surface area contributed by atoms with E-state index in [0.29, 0.717) is 24.0 Å². The zero-order chi connectivity index (χ0) is 29.2. The number of rotatable bonds is 13. The molecular formula is C37H41NO3. The molecule has 4 aromatic carbocycles. The molecule has 0 radical (unpaired) electrons. The molecule has 4 rings (SSSR count). The van der Waals surface area contributed by atoms with Crippen molar-refractivity contribution in [2.24, 2.45) is 5.92 Å². The van der Waals surface area contributed by atoms with Gasteiger partial charge in [-0.1, -0.05) is 103 Å². The third-order valence-corrected chi connectivity index (χ3v) is 8.00. The van der Waals surface area contributed by atoms with Gasteiger partial charge in [0.1, 0.15) is 0 Å². The molecule has 0 saturated carbocycles.